The predicted molar refractivity (Wildman–Crippen MR) is 113 cm³/mol. The number of carbonyl (C=O) groups excluding carboxylic acids is 1. The molecule has 0 radical (unpaired) electrons. The van der Waals surface area contributed by atoms with Crippen LogP contribution < -0.4 is 0 Å². The van der Waals surface area contributed by atoms with E-state index in [-0.39, 0.29) is 23.1 Å². The minimum Gasteiger partial charge on any atom is -0.335 e. The number of hydrogen-bond acceptors (Lipinski definition) is 4. The molecule has 1 aliphatic carbocycles. The van der Waals surface area contributed by atoms with Gasteiger partial charge in [0.05, 0.1) is 0 Å². The lowest BCUT2D eigenvalue weighted by Gasteiger charge is -2.34. The predicted octanol–water partition coefficient (Wildman–Crippen LogP) is 4.38. The fourth-order valence-electron chi connectivity index (χ4n) is 4.07. The summed E-state index contributed by atoms with van der Waals surface area (Å²) >= 11 is 6.10. The first-order valence-corrected chi connectivity index (χ1v) is 11.0. The van der Waals surface area contributed by atoms with E-state index >= 15 is 0 Å². The van der Waals surface area contributed by atoms with Gasteiger partial charge < -0.3 is 4.90 Å². The van der Waals surface area contributed by atoms with Crippen LogP contribution in [0.4, 0.5) is 17.6 Å². The molecule has 0 atom stereocenters. The zero-order valence-corrected chi connectivity index (χ0v) is 18.2. The highest BCUT2D eigenvalue weighted by molar-refractivity contribution is 6.31. The van der Waals surface area contributed by atoms with Crippen LogP contribution in [-0.4, -0.2) is 56.5 Å². The summed E-state index contributed by atoms with van der Waals surface area (Å²) in [5.41, 5.74) is -0.208. The molecule has 0 unspecified atom stereocenters. The van der Waals surface area contributed by atoms with Crippen LogP contribution in [-0.2, 0) is 12.7 Å². The Bertz CT molecular complexity index is 1200. The van der Waals surface area contributed by atoms with Gasteiger partial charge in [-0.3, -0.25) is 9.69 Å². The molecule has 2 fully saturated rings. The van der Waals surface area contributed by atoms with Crippen LogP contribution in [0.15, 0.2) is 30.3 Å². The van der Waals surface area contributed by atoms with Crippen LogP contribution in [0.2, 0.25) is 5.02 Å². The van der Waals surface area contributed by atoms with E-state index in [0.29, 0.717) is 53.5 Å². The largest absolute Gasteiger partial charge is 0.433 e. The smallest absolute Gasteiger partial charge is 0.335 e. The lowest BCUT2D eigenvalue weighted by molar-refractivity contribution is -0.142. The number of alkyl halides is 3. The lowest BCUT2D eigenvalue weighted by atomic mass is 10.1. The second-order valence-corrected chi connectivity index (χ2v) is 8.81. The molecule has 0 N–H and O–H groups in total. The zero-order valence-electron chi connectivity index (χ0n) is 17.4. The SMILES string of the molecule is O=C(c1cc2nc(C3CC3)cc(C(F)(F)F)n2n1)N1CCN(Cc2c(F)cccc2Cl)CC1. The molecule has 3 heterocycles. The topological polar surface area (TPSA) is 53.7 Å². The van der Waals surface area contributed by atoms with E-state index in [1.807, 2.05) is 4.90 Å². The molecule has 2 aliphatic rings. The van der Waals surface area contributed by atoms with Gasteiger partial charge in [-0.15, -0.1) is 0 Å². The Kier molecular flexibility index (Phi) is 5.52. The average molecular weight is 482 g/mol. The van der Waals surface area contributed by atoms with Crippen LogP contribution in [0.3, 0.4) is 0 Å². The summed E-state index contributed by atoms with van der Waals surface area (Å²) in [7, 11) is 0. The van der Waals surface area contributed by atoms with Gasteiger partial charge in [-0.1, -0.05) is 17.7 Å². The normalized spacial score (nSPS) is 17.7. The number of piperazine rings is 1. The summed E-state index contributed by atoms with van der Waals surface area (Å²) in [6.45, 7) is 1.94. The summed E-state index contributed by atoms with van der Waals surface area (Å²) < 4.78 is 55.6. The number of hydrogen-bond donors (Lipinski definition) is 0. The van der Waals surface area contributed by atoms with Crippen LogP contribution in [0.1, 0.15) is 46.2 Å². The highest BCUT2D eigenvalue weighted by Crippen LogP contribution is 2.41. The molecule has 6 nitrogen and oxygen atoms in total. The molecule has 0 spiro atoms. The van der Waals surface area contributed by atoms with Gasteiger partial charge >= 0.3 is 6.18 Å². The van der Waals surface area contributed by atoms with Crippen molar-refractivity contribution >= 4 is 23.2 Å². The molecule has 1 saturated carbocycles. The van der Waals surface area contributed by atoms with E-state index in [1.165, 1.54) is 17.0 Å². The number of benzene rings is 1. The Hall–Kier alpha value is -2.72. The average Bonchev–Trinajstić information content (AvgIpc) is 3.53. The summed E-state index contributed by atoms with van der Waals surface area (Å²) in [4.78, 5) is 20.8. The first kappa shape index (κ1) is 22.1. The van der Waals surface area contributed by atoms with Gasteiger partial charge in [-0.25, -0.2) is 13.9 Å². The third-order valence-corrected chi connectivity index (χ3v) is 6.41. The van der Waals surface area contributed by atoms with Crippen molar-refractivity contribution in [3.8, 4) is 0 Å². The van der Waals surface area contributed by atoms with E-state index in [4.69, 9.17) is 11.6 Å². The van der Waals surface area contributed by atoms with E-state index in [2.05, 4.69) is 10.1 Å². The molecular weight excluding hydrogens is 462 g/mol. The van der Waals surface area contributed by atoms with Crippen molar-refractivity contribution in [3.63, 3.8) is 0 Å². The number of aromatic nitrogens is 3. The number of fused-ring (bicyclic) bond motifs is 1. The number of halogens is 5. The van der Waals surface area contributed by atoms with Crippen molar-refractivity contribution in [1.29, 1.82) is 0 Å². The number of amides is 1. The Balaban J connectivity index is 1.32. The maximum absolute atomic E-state index is 14.1. The lowest BCUT2D eigenvalue weighted by Crippen LogP contribution is -2.48. The van der Waals surface area contributed by atoms with E-state index < -0.39 is 17.8 Å². The van der Waals surface area contributed by atoms with Crippen LogP contribution in [0, 0.1) is 5.82 Å². The molecule has 1 aromatic carbocycles. The maximum atomic E-state index is 14.1. The molecule has 0 bridgehead atoms. The van der Waals surface area contributed by atoms with Gasteiger partial charge in [0.1, 0.15) is 11.5 Å². The summed E-state index contributed by atoms with van der Waals surface area (Å²) in [5.74, 6) is -0.810. The van der Waals surface area contributed by atoms with Crippen molar-refractivity contribution in [2.75, 3.05) is 26.2 Å². The number of carbonyl (C=O) groups is 1. The molecular formula is C22H20ClF4N5O. The summed E-state index contributed by atoms with van der Waals surface area (Å²) in [6, 6.07) is 6.86. The molecule has 1 aliphatic heterocycles. The Labute approximate surface area is 191 Å². The Morgan fingerprint density at radius 3 is 2.48 bits per heavy atom. The van der Waals surface area contributed by atoms with E-state index in [9.17, 15) is 22.4 Å². The fraction of sp³-hybridized carbons (Fsp3) is 0.409. The van der Waals surface area contributed by atoms with Gasteiger partial charge in [-0.05, 0) is 31.0 Å². The fourth-order valence-corrected chi connectivity index (χ4v) is 4.29. The summed E-state index contributed by atoms with van der Waals surface area (Å²) in [5, 5.41) is 4.29. The third-order valence-electron chi connectivity index (χ3n) is 6.06. The Morgan fingerprint density at radius 2 is 1.85 bits per heavy atom. The van der Waals surface area contributed by atoms with Crippen molar-refractivity contribution in [3.05, 3.63) is 63.8 Å². The molecule has 1 saturated heterocycles. The third kappa shape index (κ3) is 4.41. The zero-order chi connectivity index (χ0) is 23.3. The molecule has 33 heavy (non-hydrogen) atoms. The van der Waals surface area contributed by atoms with Crippen molar-refractivity contribution in [2.45, 2.75) is 31.5 Å². The van der Waals surface area contributed by atoms with Crippen molar-refractivity contribution in [1.82, 2.24) is 24.4 Å². The van der Waals surface area contributed by atoms with Gasteiger partial charge in [0, 0.05) is 61.0 Å². The molecule has 5 rings (SSSR count). The van der Waals surface area contributed by atoms with Crippen LogP contribution >= 0.6 is 11.6 Å². The van der Waals surface area contributed by atoms with Crippen molar-refractivity contribution in [2.24, 2.45) is 0 Å². The Morgan fingerprint density at radius 1 is 1.12 bits per heavy atom. The number of rotatable bonds is 4. The minimum atomic E-state index is -4.61. The standard InChI is InChI=1S/C22H20ClF4N5O/c23-15-2-1-3-16(24)14(15)12-30-6-8-31(9-7-30)21(33)18-11-20-28-17(13-4-5-13)10-19(22(25,26)27)32(20)29-18/h1-3,10-11,13H,4-9,12H2. The first-order valence-electron chi connectivity index (χ1n) is 10.6. The second kappa shape index (κ2) is 8.25. The molecule has 11 heteroatoms. The number of nitrogens with zero attached hydrogens (tertiary/aromatic N) is 5. The maximum Gasteiger partial charge on any atom is 0.433 e. The molecule has 2 aromatic heterocycles. The monoisotopic (exact) mass is 481 g/mol. The first-order chi connectivity index (χ1) is 15.7. The highest BCUT2D eigenvalue weighted by atomic mass is 35.5. The molecule has 3 aromatic rings. The van der Waals surface area contributed by atoms with E-state index in [0.717, 1.165) is 18.9 Å². The van der Waals surface area contributed by atoms with Gasteiger partial charge in [0.25, 0.3) is 5.91 Å². The molecule has 1 amide bonds. The van der Waals surface area contributed by atoms with Gasteiger partial charge in [0.15, 0.2) is 11.3 Å². The van der Waals surface area contributed by atoms with Crippen molar-refractivity contribution < 1.29 is 22.4 Å². The second-order valence-electron chi connectivity index (χ2n) is 8.41. The molecule has 174 valence electrons. The van der Waals surface area contributed by atoms with Gasteiger partial charge in [0.2, 0.25) is 0 Å². The minimum absolute atomic E-state index is 0.0166. The summed E-state index contributed by atoms with van der Waals surface area (Å²) in [6.07, 6.45) is -3.00. The quantitative estimate of drug-likeness (QED) is 0.519. The van der Waals surface area contributed by atoms with Gasteiger partial charge in [-0.2, -0.15) is 18.3 Å². The van der Waals surface area contributed by atoms with Crippen LogP contribution in [0.25, 0.3) is 5.65 Å². The highest BCUT2D eigenvalue weighted by Gasteiger charge is 2.38. The van der Waals surface area contributed by atoms with Crippen LogP contribution in [0.5, 0.6) is 0 Å². The van der Waals surface area contributed by atoms with E-state index in [1.54, 1.807) is 12.1 Å².